The van der Waals surface area contributed by atoms with Gasteiger partial charge >= 0.3 is 0 Å². The predicted molar refractivity (Wildman–Crippen MR) is 104 cm³/mol. The number of hydrogen-bond acceptors (Lipinski definition) is 6. The number of aliphatic hydroxyl groups excluding tert-OH is 4. The first-order chi connectivity index (χ1) is 13.5. The van der Waals surface area contributed by atoms with Crippen LogP contribution >= 0.6 is 11.3 Å². The SMILES string of the molecule is OC[C@H]1O[C@@H](c2ccc(F)c(Cc3cc4ccccc4s3)c2)[C@H](O)[C@H](O)[C@@H]1O. The Hall–Kier alpha value is -1.87. The molecule has 1 aromatic heterocycles. The fourth-order valence-electron chi connectivity index (χ4n) is 3.60. The third-order valence-corrected chi connectivity index (χ3v) is 6.25. The summed E-state index contributed by atoms with van der Waals surface area (Å²) in [6, 6.07) is 14.4. The molecule has 1 fully saturated rings. The number of fused-ring (bicyclic) bond motifs is 1. The lowest BCUT2D eigenvalue weighted by atomic mass is 9.90. The van der Waals surface area contributed by atoms with Gasteiger partial charge in [-0.3, -0.25) is 0 Å². The van der Waals surface area contributed by atoms with Crippen molar-refractivity contribution in [2.45, 2.75) is 36.9 Å². The standard InChI is InChI=1S/C21H21FO5S/c22-15-6-5-12(21-20(26)19(25)18(24)16(10-23)27-21)7-13(15)9-14-8-11-3-1-2-4-17(11)28-14/h1-8,16,18-21,23-26H,9-10H2/t16-,18-,19-,20-,21+/m1/s1. The maximum absolute atomic E-state index is 14.4. The second-order valence-electron chi connectivity index (χ2n) is 7.03. The van der Waals surface area contributed by atoms with Gasteiger partial charge in [-0.05, 0) is 40.8 Å². The molecular formula is C21H21FO5S. The highest BCUT2D eigenvalue weighted by atomic mass is 32.1. The van der Waals surface area contributed by atoms with Gasteiger partial charge in [0.2, 0.25) is 0 Å². The molecule has 148 valence electrons. The molecule has 2 heterocycles. The minimum Gasteiger partial charge on any atom is -0.394 e. The van der Waals surface area contributed by atoms with E-state index in [9.17, 15) is 24.8 Å². The fraction of sp³-hybridized carbons (Fsp3) is 0.333. The van der Waals surface area contributed by atoms with Gasteiger partial charge < -0.3 is 25.2 Å². The fourth-order valence-corrected chi connectivity index (χ4v) is 4.68. The first kappa shape index (κ1) is 19.4. The molecule has 7 heteroatoms. The number of ether oxygens (including phenoxy) is 1. The second kappa shape index (κ2) is 7.87. The summed E-state index contributed by atoms with van der Waals surface area (Å²) >= 11 is 1.59. The van der Waals surface area contributed by atoms with Gasteiger partial charge in [0.25, 0.3) is 0 Å². The Labute approximate surface area is 165 Å². The molecular weight excluding hydrogens is 383 g/mol. The van der Waals surface area contributed by atoms with E-state index in [1.807, 2.05) is 30.3 Å². The monoisotopic (exact) mass is 404 g/mol. The van der Waals surface area contributed by atoms with E-state index in [1.165, 1.54) is 12.1 Å². The summed E-state index contributed by atoms with van der Waals surface area (Å²) in [6.45, 7) is -0.503. The number of benzene rings is 2. The summed E-state index contributed by atoms with van der Waals surface area (Å²) in [4.78, 5) is 1.01. The third-order valence-electron chi connectivity index (χ3n) is 5.13. The summed E-state index contributed by atoms with van der Waals surface area (Å²) in [5, 5.41) is 40.7. The topological polar surface area (TPSA) is 90.2 Å². The van der Waals surface area contributed by atoms with E-state index >= 15 is 0 Å². The Morgan fingerprint density at radius 1 is 0.964 bits per heavy atom. The van der Waals surface area contributed by atoms with Crippen molar-refractivity contribution in [1.29, 1.82) is 0 Å². The molecule has 5 nitrogen and oxygen atoms in total. The predicted octanol–water partition coefficient (Wildman–Crippen LogP) is 2.15. The molecule has 0 aliphatic carbocycles. The summed E-state index contributed by atoms with van der Waals surface area (Å²) < 4.78 is 21.1. The Kier molecular flexibility index (Phi) is 5.46. The van der Waals surface area contributed by atoms with Gasteiger partial charge in [-0.25, -0.2) is 4.39 Å². The van der Waals surface area contributed by atoms with Gasteiger partial charge in [-0.1, -0.05) is 24.3 Å². The lowest BCUT2D eigenvalue weighted by Gasteiger charge is -2.40. The third kappa shape index (κ3) is 3.57. The Morgan fingerprint density at radius 2 is 1.75 bits per heavy atom. The minimum atomic E-state index is -1.47. The molecule has 5 atom stereocenters. The van der Waals surface area contributed by atoms with Crippen LogP contribution in [0.4, 0.5) is 4.39 Å². The van der Waals surface area contributed by atoms with E-state index in [0.29, 0.717) is 17.5 Å². The van der Waals surface area contributed by atoms with Crippen LogP contribution in [-0.4, -0.2) is 51.4 Å². The van der Waals surface area contributed by atoms with E-state index in [4.69, 9.17) is 4.74 Å². The van der Waals surface area contributed by atoms with Crippen molar-refractivity contribution in [3.63, 3.8) is 0 Å². The van der Waals surface area contributed by atoms with Crippen LogP contribution in [0, 0.1) is 5.82 Å². The van der Waals surface area contributed by atoms with Crippen molar-refractivity contribution in [1.82, 2.24) is 0 Å². The molecule has 1 aliphatic rings. The van der Waals surface area contributed by atoms with Gasteiger partial charge in [0.05, 0.1) is 6.61 Å². The molecule has 1 saturated heterocycles. The smallest absolute Gasteiger partial charge is 0.126 e. The van der Waals surface area contributed by atoms with E-state index < -0.39 is 37.1 Å². The molecule has 1 aliphatic heterocycles. The first-order valence-corrected chi connectivity index (χ1v) is 9.86. The highest BCUT2D eigenvalue weighted by molar-refractivity contribution is 7.19. The number of hydrogen-bond donors (Lipinski definition) is 4. The highest BCUT2D eigenvalue weighted by Gasteiger charge is 2.44. The van der Waals surface area contributed by atoms with Gasteiger partial charge in [-0.15, -0.1) is 11.3 Å². The van der Waals surface area contributed by atoms with Crippen LogP contribution in [0.3, 0.4) is 0 Å². The zero-order chi connectivity index (χ0) is 19.8. The quantitative estimate of drug-likeness (QED) is 0.535. The molecule has 4 rings (SSSR count). The first-order valence-electron chi connectivity index (χ1n) is 9.04. The molecule has 0 unspecified atom stereocenters. The molecule has 4 N–H and O–H groups in total. The summed E-state index contributed by atoms with van der Waals surface area (Å²) in [5.41, 5.74) is 0.926. The number of halogens is 1. The van der Waals surface area contributed by atoms with E-state index in [-0.39, 0.29) is 5.82 Å². The Bertz CT molecular complexity index is 939. The molecule has 28 heavy (non-hydrogen) atoms. The van der Waals surface area contributed by atoms with Crippen LogP contribution in [-0.2, 0) is 11.2 Å². The van der Waals surface area contributed by atoms with Crippen LogP contribution in [0.15, 0.2) is 48.5 Å². The number of aliphatic hydroxyl groups is 4. The summed E-state index contributed by atoms with van der Waals surface area (Å²) in [7, 11) is 0. The molecule has 0 spiro atoms. The minimum absolute atomic E-state index is 0.370. The van der Waals surface area contributed by atoms with E-state index in [1.54, 1.807) is 17.4 Å². The highest BCUT2D eigenvalue weighted by Crippen LogP contribution is 2.34. The van der Waals surface area contributed by atoms with Gasteiger partial charge in [0, 0.05) is 16.0 Å². The normalized spacial score (nSPS) is 28.0. The second-order valence-corrected chi connectivity index (χ2v) is 8.20. The van der Waals surface area contributed by atoms with Crippen molar-refractivity contribution in [2.24, 2.45) is 0 Å². The molecule has 0 radical (unpaired) electrons. The van der Waals surface area contributed by atoms with Gasteiger partial charge in [0.15, 0.2) is 0 Å². The molecule has 0 saturated carbocycles. The zero-order valence-corrected chi connectivity index (χ0v) is 15.7. The molecule has 0 amide bonds. The van der Waals surface area contributed by atoms with Crippen LogP contribution in [0.25, 0.3) is 10.1 Å². The average molecular weight is 404 g/mol. The molecule has 0 bridgehead atoms. The van der Waals surface area contributed by atoms with Crippen molar-refractivity contribution >= 4 is 21.4 Å². The van der Waals surface area contributed by atoms with Crippen molar-refractivity contribution < 1.29 is 29.6 Å². The Balaban J connectivity index is 1.63. The van der Waals surface area contributed by atoms with Crippen molar-refractivity contribution in [2.75, 3.05) is 6.61 Å². The van der Waals surface area contributed by atoms with Gasteiger partial charge in [-0.2, -0.15) is 0 Å². The van der Waals surface area contributed by atoms with Crippen LogP contribution < -0.4 is 0 Å². The van der Waals surface area contributed by atoms with E-state index in [2.05, 4.69) is 0 Å². The molecule has 2 aromatic carbocycles. The van der Waals surface area contributed by atoms with Crippen LogP contribution in [0.2, 0.25) is 0 Å². The van der Waals surface area contributed by atoms with Crippen molar-refractivity contribution in [3.8, 4) is 0 Å². The lowest BCUT2D eigenvalue weighted by Crippen LogP contribution is -2.55. The van der Waals surface area contributed by atoms with Gasteiger partial charge in [0.1, 0.15) is 36.3 Å². The summed E-state index contributed by atoms with van der Waals surface area (Å²) in [6.07, 6.45) is -5.87. The maximum Gasteiger partial charge on any atom is 0.126 e. The maximum atomic E-state index is 14.4. The number of thiophene rings is 1. The average Bonchev–Trinajstić information content (AvgIpc) is 3.11. The Morgan fingerprint density at radius 3 is 2.50 bits per heavy atom. The molecule has 3 aromatic rings. The van der Waals surface area contributed by atoms with Crippen LogP contribution in [0.5, 0.6) is 0 Å². The zero-order valence-electron chi connectivity index (χ0n) is 14.9. The van der Waals surface area contributed by atoms with Crippen molar-refractivity contribution in [3.05, 3.63) is 70.4 Å². The van der Waals surface area contributed by atoms with E-state index in [0.717, 1.165) is 15.0 Å². The lowest BCUT2D eigenvalue weighted by molar-refractivity contribution is -0.231. The summed E-state index contributed by atoms with van der Waals surface area (Å²) in [5.74, 6) is -0.370. The van der Waals surface area contributed by atoms with Crippen LogP contribution in [0.1, 0.15) is 22.1 Å². The number of rotatable bonds is 4. The largest absolute Gasteiger partial charge is 0.394 e.